The maximum atomic E-state index is 10.7. The molecule has 0 aliphatic heterocycles. The second-order valence-corrected chi connectivity index (χ2v) is 6.53. The molecule has 1 saturated carbocycles. The fourth-order valence-electron chi connectivity index (χ4n) is 3.73. The lowest BCUT2D eigenvalue weighted by Crippen LogP contribution is -2.41. The molecule has 1 aromatic carbocycles. The zero-order valence-electron chi connectivity index (χ0n) is 12.8. The van der Waals surface area contributed by atoms with Crippen molar-refractivity contribution >= 4 is 5.69 Å². The third-order valence-corrected chi connectivity index (χ3v) is 5.08. The van der Waals surface area contributed by atoms with Gasteiger partial charge in [0.1, 0.15) is 0 Å². The van der Waals surface area contributed by atoms with Gasteiger partial charge in [0.05, 0.1) is 23.7 Å². The second kappa shape index (κ2) is 6.78. The van der Waals surface area contributed by atoms with E-state index in [9.17, 15) is 20.3 Å². The molecule has 5 atom stereocenters. The van der Waals surface area contributed by atoms with Crippen LogP contribution in [0.25, 0.3) is 0 Å². The average Bonchev–Trinajstić information content (AvgIpc) is 3.18. The fraction of sp³-hybridized carbons (Fsp3) is 0.529. The highest BCUT2D eigenvalue weighted by Crippen LogP contribution is 2.43. The Kier molecular flexibility index (Phi) is 4.75. The van der Waals surface area contributed by atoms with Crippen LogP contribution in [0.4, 0.5) is 5.69 Å². The summed E-state index contributed by atoms with van der Waals surface area (Å²) in [5.74, 6) is 1.87. The standard InChI is InChI=1S/C17H22N2O4/c20-10-16(18-9-14-8-11-1-2-13(14)7-11)17(21)12-3-5-15(6-4-12)19(22)23/h1-6,11,13-14,16-18,20-21H,7-10H2/t11-,13-,14+,16-,17-/m0/s1. The SMILES string of the molecule is O=[N+]([O-])c1ccc([C@H](O)[C@H](CO)NC[C@H]2C[C@H]3C=C[C@H]2C3)cc1. The van der Waals surface area contributed by atoms with Gasteiger partial charge >= 0.3 is 0 Å². The number of benzene rings is 1. The number of allylic oxidation sites excluding steroid dienone is 2. The van der Waals surface area contributed by atoms with Crippen LogP contribution in [0.2, 0.25) is 0 Å². The van der Waals surface area contributed by atoms with E-state index in [4.69, 9.17) is 0 Å². The molecule has 2 bridgehead atoms. The lowest BCUT2D eigenvalue weighted by molar-refractivity contribution is -0.384. The van der Waals surface area contributed by atoms with E-state index in [-0.39, 0.29) is 12.3 Å². The van der Waals surface area contributed by atoms with E-state index in [0.29, 0.717) is 23.3 Å². The fourth-order valence-corrected chi connectivity index (χ4v) is 3.73. The van der Waals surface area contributed by atoms with Crippen LogP contribution < -0.4 is 5.32 Å². The number of fused-ring (bicyclic) bond motifs is 2. The first kappa shape index (κ1) is 16.1. The Morgan fingerprint density at radius 2 is 2.00 bits per heavy atom. The smallest absolute Gasteiger partial charge is 0.269 e. The number of aliphatic hydroxyl groups excluding tert-OH is 2. The van der Waals surface area contributed by atoms with Crippen molar-refractivity contribution in [3.8, 4) is 0 Å². The number of nitrogens with one attached hydrogen (secondary N) is 1. The van der Waals surface area contributed by atoms with Crippen molar-refractivity contribution in [3.05, 3.63) is 52.1 Å². The largest absolute Gasteiger partial charge is 0.395 e. The molecular formula is C17H22N2O4. The van der Waals surface area contributed by atoms with Crippen molar-refractivity contribution < 1.29 is 15.1 Å². The van der Waals surface area contributed by atoms with Crippen LogP contribution in [-0.4, -0.2) is 34.3 Å². The summed E-state index contributed by atoms with van der Waals surface area (Å²) >= 11 is 0. The van der Waals surface area contributed by atoms with Crippen molar-refractivity contribution in [1.82, 2.24) is 5.32 Å². The molecule has 0 amide bonds. The molecule has 2 aliphatic carbocycles. The molecule has 3 N–H and O–H groups in total. The average molecular weight is 318 g/mol. The number of aliphatic hydroxyl groups is 2. The van der Waals surface area contributed by atoms with Crippen LogP contribution in [0.5, 0.6) is 0 Å². The van der Waals surface area contributed by atoms with Crippen LogP contribution in [0, 0.1) is 27.9 Å². The molecule has 0 heterocycles. The Balaban J connectivity index is 1.58. The van der Waals surface area contributed by atoms with Gasteiger partial charge in [0.25, 0.3) is 5.69 Å². The van der Waals surface area contributed by atoms with Gasteiger partial charge in [-0.05, 0) is 54.8 Å². The molecule has 23 heavy (non-hydrogen) atoms. The number of nitro benzene ring substituents is 1. The molecule has 1 fully saturated rings. The third kappa shape index (κ3) is 3.44. The predicted octanol–water partition coefficient (Wildman–Crippen LogP) is 1.79. The highest BCUT2D eigenvalue weighted by atomic mass is 16.6. The van der Waals surface area contributed by atoms with Crippen LogP contribution >= 0.6 is 0 Å². The lowest BCUT2D eigenvalue weighted by Gasteiger charge is -2.26. The van der Waals surface area contributed by atoms with Gasteiger partial charge in [0.2, 0.25) is 0 Å². The van der Waals surface area contributed by atoms with E-state index in [0.717, 1.165) is 6.54 Å². The van der Waals surface area contributed by atoms with E-state index in [2.05, 4.69) is 17.5 Å². The van der Waals surface area contributed by atoms with Gasteiger partial charge in [-0.25, -0.2) is 0 Å². The molecule has 0 aromatic heterocycles. The van der Waals surface area contributed by atoms with E-state index in [1.54, 1.807) is 0 Å². The number of nitrogens with zero attached hydrogens (tertiary/aromatic N) is 1. The van der Waals surface area contributed by atoms with Gasteiger partial charge in [0.15, 0.2) is 0 Å². The monoisotopic (exact) mass is 318 g/mol. The number of hydrogen-bond donors (Lipinski definition) is 3. The van der Waals surface area contributed by atoms with Gasteiger partial charge < -0.3 is 15.5 Å². The summed E-state index contributed by atoms with van der Waals surface area (Å²) in [6.45, 7) is 0.579. The molecule has 6 heteroatoms. The van der Waals surface area contributed by atoms with E-state index >= 15 is 0 Å². The molecule has 124 valence electrons. The molecular weight excluding hydrogens is 296 g/mol. The number of hydrogen-bond acceptors (Lipinski definition) is 5. The number of nitro groups is 1. The van der Waals surface area contributed by atoms with Gasteiger partial charge in [0, 0.05) is 12.1 Å². The Hall–Kier alpha value is -1.76. The molecule has 3 rings (SSSR count). The van der Waals surface area contributed by atoms with Crippen molar-refractivity contribution in [2.45, 2.75) is 25.0 Å². The summed E-state index contributed by atoms with van der Waals surface area (Å²) in [6.07, 6.45) is 6.06. The van der Waals surface area contributed by atoms with Gasteiger partial charge in [-0.2, -0.15) is 0 Å². The van der Waals surface area contributed by atoms with Crippen LogP contribution in [-0.2, 0) is 0 Å². The molecule has 2 aliphatic rings. The highest BCUT2D eigenvalue weighted by Gasteiger charge is 2.35. The zero-order chi connectivity index (χ0) is 16.4. The van der Waals surface area contributed by atoms with Crippen molar-refractivity contribution in [1.29, 1.82) is 0 Å². The first-order valence-corrected chi connectivity index (χ1v) is 8.03. The lowest BCUT2D eigenvalue weighted by atomic mass is 9.93. The van der Waals surface area contributed by atoms with Gasteiger partial charge in [-0.1, -0.05) is 12.2 Å². The summed E-state index contributed by atoms with van der Waals surface area (Å²) in [5, 5.41) is 33.9. The van der Waals surface area contributed by atoms with Gasteiger partial charge in [-0.3, -0.25) is 10.1 Å². The summed E-state index contributed by atoms with van der Waals surface area (Å²) in [4.78, 5) is 10.2. The Bertz CT molecular complexity index is 587. The maximum Gasteiger partial charge on any atom is 0.269 e. The van der Waals surface area contributed by atoms with E-state index < -0.39 is 17.1 Å². The minimum absolute atomic E-state index is 0.0109. The Morgan fingerprint density at radius 3 is 2.52 bits per heavy atom. The van der Waals surface area contributed by atoms with Crippen molar-refractivity contribution in [2.24, 2.45) is 17.8 Å². The van der Waals surface area contributed by atoms with Crippen LogP contribution in [0.3, 0.4) is 0 Å². The molecule has 0 spiro atoms. The first-order valence-electron chi connectivity index (χ1n) is 8.03. The van der Waals surface area contributed by atoms with Crippen LogP contribution in [0.1, 0.15) is 24.5 Å². The minimum Gasteiger partial charge on any atom is -0.395 e. The molecule has 6 nitrogen and oxygen atoms in total. The normalized spacial score (nSPS) is 28.0. The number of rotatable bonds is 7. The molecule has 1 aromatic rings. The highest BCUT2D eigenvalue weighted by molar-refractivity contribution is 5.34. The Morgan fingerprint density at radius 1 is 1.26 bits per heavy atom. The van der Waals surface area contributed by atoms with Gasteiger partial charge in [-0.15, -0.1) is 0 Å². The van der Waals surface area contributed by atoms with E-state index in [1.165, 1.54) is 37.1 Å². The third-order valence-electron chi connectivity index (χ3n) is 5.08. The summed E-state index contributed by atoms with van der Waals surface area (Å²) in [7, 11) is 0. The number of non-ortho nitro benzene ring substituents is 1. The summed E-state index contributed by atoms with van der Waals surface area (Å²) < 4.78 is 0. The summed E-state index contributed by atoms with van der Waals surface area (Å²) in [6, 6.07) is 5.34. The quantitative estimate of drug-likeness (QED) is 0.405. The molecule has 0 unspecified atom stereocenters. The van der Waals surface area contributed by atoms with Crippen LogP contribution in [0.15, 0.2) is 36.4 Å². The first-order chi connectivity index (χ1) is 11.1. The molecule has 0 saturated heterocycles. The van der Waals surface area contributed by atoms with Crippen molar-refractivity contribution in [3.63, 3.8) is 0 Å². The topological polar surface area (TPSA) is 95.6 Å². The minimum atomic E-state index is -0.894. The van der Waals surface area contributed by atoms with E-state index in [1.807, 2.05) is 0 Å². The van der Waals surface area contributed by atoms with Crippen molar-refractivity contribution in [2.75, 3.05) is 13.2 Å². The molecule has 0 radical (unpaired) electrons. The maximum absolute atomic E-state index is 10.7. The second-order valence-electron chi connectivity index (χ2n) is 6.53. The zero-order valence-corrected chi connectivity index (χ0v) is 12.8. The Labute approximate surface area is 135 Å². The summed E-state index contributed by atoms with van der Waals surface area (Å²) in [5.41, 5.74) is 0.554. The predicted molar refractivity (Wildman–Crippen MR) is 85.8 cm³/mol.